The molecule has 2 rings (SSSR count). The van der Waals surface area contributed by atoms with E-state index < -0.39 is 0 Å². The fourth-order valence-electron chi connectivity index (χ4n) is 1.57. The minimum atomic E-state index is -0.293. The Labute approximate surface area is 122 Å². The lowest BCUT2D eigenvalue weighted by atomic mass is 10.1. The number of hydrogen-bond donors (Lipinski definition) is 3. The number of hydrogen-bond acceptors (Lipinski definition) is 7. The molecule has 0 atom stereocenters. The number of nitrogen functional groups attached to an aromatic ring is 1. The number of nitrogens with one attached hydrogen (secondary N) is 2. The summed E-state index contributed by atoms with van der Waals surface area (Å²) in [7, 11) is 0. The molecule has 9 heteroatoms. The summed E-state index contributed by atoms with van der Waals surface area (Å²) >= 11 is 0. The molecule has 0 saturated carbocycles. The van der Waals surface area contributed by atoms with Crippen molar-refractivity contribution in [2.75, 3.05) is 17.6 Å². The lowest BCUT2D eigenvalue weighted by Gasteiger charge is -2.20. The van der Waals surface area contributed by atoms with Gasteiger partial charge >= 0.3 is 0 Å². The van der Waals surface area contributed by atoms with Crippen molar-refractivity contribution in [2.24, 2.45) is 0 Å². The van der Waals surface area contributed by atoms with Gasteiger partial charge in [0.15, 0.2) is 0 Å². The van der Waals surface area contributed by atoms with Gasteiger partial charge in [0.25, 0.3) is 0 Å². The number of aromatic nitrogens is 5. The van der Waals surface area contributed by atoms with Crippen LogP contribution in [0.15, 0.2) is 18.7 Å². The van der Waals surface area contributed by atoms with Gasteiger partial charge in [0.2, 0.25) is 23.8 Å². The molecule has 0 fully saturated rings. The number of carbonyl (C=O) groups excluding carboxylic acids is 1. The van der Waals surface area contributed by atoms with E-state index in [4.69, 9.17) is 5.73 Å². The van der Waals surface area contributed by atoms with E-state index in [2.05, 4.69) is 30.6 Å². The molecule has 0 bridgehead atoms. The van der Waals surface area contributed by atoms with Crippen molar-refractivity contribution in [3.63, 3.8) is 0 Å². The molecule has 0 aromatic carbocycles. The van der Waals surface area contributed by atoms with Crippen LogP contribution in [0.2, 0.25) is 0 Å². The third-order valence-corrected chi connectivity index (χ3v) is 2.30. The van der Waals surface area contributed by atoms with Gasteiger partial charge in [-0.2, -0.15) is 15.0 Å². The molecule has 0 aliphatic rings. The summed E-state index contributed by atoms with van der Waals surface area (Å²) < 4.78 is 1.60. The standard InChI is InChI=1S/C12H18N8O/c1-12(2,3)19-8(21)6-15-10-16-9(13)17-11(18-10)20-5-4-14-7-20/h4-5,7H,6H2,1-3H3,(H,19,21)(H3,13,15,16,17,18). The van der Waals surface area contributed by atoms with Crippen LogP contribution in [0.25, 0.3) is 5.95 Å². The van der Waals surface area contributed by atoms with E-state index in [0.29, 0.717) is 5.95 Å². The molecule has 4 N–H and O–H groups in total. The van der Waals surface area contributed by atoms with E-state index in [1.807, 2.05) is 20.8 Å². The number of amides is 1. The molecular weight excluding hydrogens is 272 g/mol. The largest absolute Gasteiger partial charge is 0.368 e. The lowest BCUT2D eigenvalue weighted by molar-refractivity contribution is -0.120. The maximum Gasteiger partial charge on any atom is 0.241 e. The fraction of sp³-hybridized carbons (Fsp3) is 0.417. The number of nitrogens with zero attached hydrogens (tertiary/aromatic N) is 5. The van der Waals surface area contributed by atoms with Gasteiger partial charge in [0.1, 0.15) is 6.33 Å². The highest BCUT2D eigenvalue weighted by Gasteiger charge is 2.14. The van der Waals surface area contributed by atoms with Crippen molar-refractivity contribution in [3.8, 4) is 5.95 Å². The Morgan fingerprint density at radius 2 is 2.10 bits per heavy atom. The molecule has 0 radical (unpaired) electrons. The molecule has 21 heavy (non-hydrogen) atoms. The Balaban J connectivity index is 2.06. The molecule has 0 spiro atoms. The number of rotatable bonds is 4. The summed E-state index contributed by atoms with van der Waals surface area (Å²) in [6.07, 6.45) is 4.83. The highest BCUT2D eigenvalue weighted by molar-refractivity contribution is 5.80. The predicted molar refractivity (Wildman–Crippen MR) is 77.7 cm³/mol. The Hall–Kier alpha value is -2.71. The second-order valence-electron chi connectivity index (χ2n) is 5.44. The number of carbonyl (C=O) groups is 1. The minimum absolute atomic E-state index is 0.0457. The van der Waals surface area contributed by atoms with Crippen molar-refractivity contribution in [3.05, 3.63) is 18.7 Å². The smallest absolute Gasteiger partial charge is 0.241 e. The van der Waals surface area contributed by atoms with Crippen molar-refractivity contribution < 1.29 is 4.79 Å². The number of imidazole rings is 1. The quantitative estimate of drug-likeness (QED) is 0.722. The van der Waals surface area contributed by atoms with Crippen LogP contribution in [0.3, 0.4) is 0 Å². The van der Waals surface area contributed by atoms with Gasteiger partial charge in [-0.05, 0) is 20.8 Å². The van der Waals surface area contributed by atoms with Crippen molar-refractivity contribution in [2.45, 2.75) is 26.3 Å². The highest BCUT2D eigenvalue weighted by Crippen LogP contribution is 2.06. The Kier molecular flexibility index (Phi) is 4.01. The normalized spacial score (nSPS) is 11.2. The molecule has 9 nitrogen and oxygen atoms in total. The third kappa shape index (κ3) is 4.41. The first-order chi connectivity index (χ1) is 9.83. The molecule has 0 aliphatic carbocycles. The van der Waals surface area contributed by atoms with Crippen LogP contribution < -0.4 is 16.4 Å². The second kappa shape index (κ2) is 5.73. The molecule has 0 aliphatic heterocycles. The van der Waals surface area contributed by atoms with Crippen LogP contribution in [0.1, 0.15) is 20.8 Å². The van der Waals surface area contributed by atoms with Gasteiger partial charge in [0.05, 0.1) is 6.54 Å². The Bertz CT molecular complexity index is 617. The Morgan fingerprint density at radius 3 is 2.71 bits per heavy atom. The molecule has 2 heterocycles. The van der Waals surface area contributed by atoms with Crippen molar-refractivity contribution >= 4 is 17.8 Å². The summed E-state index contributed by atoms with van der Waals surface area (Å²) in [6, 6.07) is 0. The van der Waals surface area contributed by atoms with E-state index in [9.17, 15) is 4.79 Å². The van der Waals surface area contributed by atoms with E-state index in [0.717, 1.165) is 0 Å². The average molecular weight is 290 g/mol. The molecule has 2 aromatic heterocycles. The van der Waals surface area contributed by atoms with Gasteiger partial charge < -0.3 is 16.4 Å². The van der Waals surface area contributed by atoms with Crippen LogP contribution >= 0.6 is 0 Å². The van der Waals surface area contributed by atoms with E-state index in [1.165, 1.54) is 0 Å². The molecule has 112 valence electrons. The van der Waals surface area contributed by atoms with Gasteiger partial charge in [-0.3, -0.25) is 9.36 Å². The SMILES string of the molecule is CC(C)(C)NC(=O)CNc1nc(N)nc(-n2ccnc2)n1. The molecule has 0 unspecified atom stereocenters. The minimum Gasteiger partial charge on any atom is -0.368 e. The van der Waals surface area contributed by atoms with E-state index in [1.54, 1.807) is 23.3 Å². The molecular formula is C12H18N8O. The van der Waals surface area contributed by atoms with Crippen molar-refractivity contribution in [1.29, 1.82) is 0 Å². The second-order valence-corrected chi connectivity index (χ2v) is 5.44. The van der Waals surface area contributed by atoms with Crippen LogP contribution in [0.4, 0.5) is 11.9 Å². The van der Waals surface area contributed by atoms with E-state index >= 15 is 0 Å². The summed E-state index contributed by atoms with van der Waals surface area (Å²) in [4.78, 5) is 27.8. The van der Waals surface area contributed by atoms with Crippen LogP contribution in [0.5, 0.6) is 0 Å². The zero-order valence-electron chi connectivity index (χ0n) is 12.2. The summed E-state index contributed by atoms with van der Waals surface area (Å²) in [5, 5.41) is 5.65. The van der Waals surface area contributed by atoms with Gasteiger partial charge in [-0.15, -0.1) is 0 Å². The van der Waals surface area contributed by atoms with Crippen LogP contribution in [-0.4, -0.2) is 42.5 Å². The zero-order chi connectivity index (χ0) is 15.5. The van der Waals surface area contributed by atoms with Gasteiger partial charge in [-0.1, -0.05) is 0 Å². The first-order valence-corrected chi connectivity index (χ1v) is 6.38. The van der Waals surface area contributed by atoms with Gasteiger partial charge in [0, 0.05) is 17.9 Å². The lowest BCUT2D eigenvalue weighted by Crippen LogP contribution is -2.43. The predicted octanol–water partition coefficient (Wildman–Crippen LogP) is -0.0339. The van der Waals surface area contributed by atoms with Crippen molar-refractivity contribution in [1.82, 2.24) is 29.8 Å². The summed E-state index contributed by atoms with van der Waals surface area (Å²) in [5.74, 6) is 0.465. The van der Waals surface area contributed by atoms with Crippen LogP contribution in [-0.2, 0) is 4.79 Å². The fourth-order valence-corrected chi connectivity index (χ4v) is 1.57. The first kappa shape index (κ1) is 14.7. The Morgan fingerprint density at radius 1 is 1.33 bits per heavy atom. The topological polar surface area (TPSA) is 124 Å². The first-order valence-electron chi connectivity index (χ1n) is 6.38. The van der Waals surface area contributed by atoms with E-state index in [-0.39, 0.29) is 29.9 Å². The number of anilines is 2. The maximum absolute atomic E-state index is 11.7. The molecule has 2 aromatic rings. The monoisotopic (exact) mass is 290 g/mol. The molecule has 1 amide bonds. The summed E-state index contributed by atoms with van der Waals surface area (Å²) in [5.41, 5.74) is 5.34. The maximum atomic E-state index is 11.7. The summed E-state index contributed by atoms with van der Waals surface area (Å²) in [6.45, 7) is 5.76. The molecule has 0 saturated heterocycles. The third-order valence-electron chi connectivity index (χ3n) is 2.30. The van der Waals surface area contributed by atoms with Crippen LogP contribution in [0, 0.1) is 0 Å². The average Bonchev–Trinajstić information content (AvgIpc) is 2.87. The number of nitrogens with two attached hydrogens (primary N) is 1. The highest BCUT2D eigenvalue weighted by atomic mass is 16.2. The van der Waals surface area contributed by atoms with Gasteiger partial charge in [-0.25, -0.2) is 4.98 Å². The zero-order valence-corrected chi connectivity index (χ0v) is 12.2.